The first-order valence-electron chi connectivity index (χ1n) is 14.8. The molecule has 4 amide bonds. The summed E-state index contributed by atoms with van der Waals surface area (Å²) in [6.07, 6.45) is 7.39. The van der Waals surface area contributed by atoms with Crippen molar-refractivity contribution in [1.29, 1.82) is 0 Å². The predicted octanol–water partition coefficient (Wildman–Crippen LogP) is 4.97. The number of unbranched alkanes of at least 4 members (excludes halogenated alkanes) is 3. The van der Waals surface area contributed by atoms with E-state index in [2.05, 4.69) is 17.6 Å². The van der Waals surface area contributed by atoms with Crippen LogP contribution in [0.1, 0.15) is 115 Å². The predicted molar refractivity (Wildman–Crippen MR) is 156 cm³/mol. The van der Waals surface area contributed by atoms with Crippen molar-refractivity contribution in [2.45, 2.75) is 129 Å². The van der Waals surface area contributed by atoms with E-state index in [1.807, 2.05) is 32.0 Å². The normalized spacial score (nSPS) is 15.6. The van der Waals surface area contributed by atoms with E-state index in [-0.39, 0.29) is 11.9 Å². The summed E-state index contributed by atoms with van der Waals surface area (Å²) in [4.78, 5) is 54.4. The van der Waals surface area contributed by atoms with Gasteiger partial charge in [-0.05, 0) is 65.0 Å². The van der Waals surface area contributed by atoms with Crippen LogP contribution in [0, 0.1) is 13.8 Å². The van der Waals surface area contributed by atoms with Gasteiger partial charge < -0.3 is 26.0 Å². The smallest absolute Gasteiger partial charge is 0.408 e. The fraction of sp³-hybridized carbons (Fsp3) is 0.677. The molecule has 4 N–H and O–H groups in total. The Hall–Kier alpha value is -3.10. The van der Waals surface area contributed by atoms with Crippen molar-refractivity contribution in [3.8, 4) is 0 Å². The number of amides is 4. The number of hydrogen-bond donors (Lipinski definition) is 3. The minimum absolute atomic E-state index is 0.0489. The van der Waals surface area contributed by atoms with Crippen LogP contribution in [0.4, 0.5) is 4.79 Å². The Balaban J connectivity index is 2.52. The van der Waals surface area contributed by atoms with Crippen LogP contribution >= 0.6 is 0 Å². The fourth-order valence-electron chi connectivity index (χ4n) is 5.24. The van der Waals surface area contributed by atoms with Crippen molar-refractivity contribution in [2.75, 3.05) is 6.54 Å². The number of primary amides is 1. The molecule has 0 saturated heterocycles. The van der Waals surface area contributed by atoms with E-state index in [9.17, 15) is 19.2 Å². The number of nitrogens with two attached hydrogens (primary N) is 1. The molecule has 40 heavy (non-hydrogen) atoms. The highest BCUT2D eigenvalue weighted by atomic mass is 16.6. The Morgan fingerprint density at radius 3 is 2.30 bits per heavy atom. The zero-order valence-electron chi connectivity index (χ0n) is 25.3. The summed E-state index contributed by atoms with van der Waals surface area (Å²) in [5.41, 5.74) is 7.36. The van der Waals surface area contributed by atoms with Gasteiger partial charge in [0.05, 0.1) is 6.42 Å². The number of rotatable bonds is 13. The Morgan fingerprint density at radius 1 is 1.05 bits per heavy atom. The minimum Gasteiger partial charge on any atom is -0.444 e. The third kappa shape index (κ3) is 10.8. The average Bonchev–Trinajstić information content (AvgIpc) is 2.85. The van der Waals surface area contributed by atoms with E-state index in [1.54, 1.807) is 20.8 Å². The molecule has 1 aliphatic rings. The number of nitrogens with zero attached hydrogens (tertiary/aromatic N) is 1. The topological polar surface area (TPSA) is 131 Å². The van der Waals surface area contributed by atoms with Gasteiger partial charge >= 0.3 is 6.09 Å². The molecule has 0 spiro atoms. The second kappa shape index (κ2) is 15.6. The average molecular weight is 559 g/mol. The summed E-state index contributed by atoms with van der Waals surface area (Å²) >= 11 is 0. The molecule has 0 bridgehead atoms. The van der Waals surface area contributed by atoms with Crippen molar-refractivity contribution >= 4 is 23.8 Å². The fourth-order valence-corrected chi connectivity index (χ4v) is 5.24. The summed E-state index contributed by atoms with van der Waals surface area (Å²) in [5, 5.41) is 5.76. The van der Waals surface area contributed by atoms with Crippen molar-refractivity contribution in [1.82, 2.24) is 15.5 Å². The van der Waals surface area contributed by atoms with E-state index in [4.69, 9.17) is 10.5 Å². The zero-order valence-corrected chi connectivity index (χ0v) is 25.3. The molecule has 1 aromatic carbocycles. The summed E-state index contributed by atoms with van der Waals surface area (Å²) in [7, 11) is 0. The number of aryl methyl sites for hydroxylation is 2. The molecule has 0 radical (unpaired) electrons. The number of carbonyl (C=O) groups is 4. The summed E-state index contributed by atoms with van der Waals surface area (Å²) in [6.45, 7) is 11.4. The van der Waals surface area contributed by atoms with Crippen LogP contribution in [0.25, 0.3) is 0 Å². The van der Waals surface area contributed by atoms with Crippen LogP contribution in [0.3, 0.4) is 0 Å². The summed E-state index contributed by atoms with van der Waals surface area (Å²) in [6, 6.07) is 3.68. The van der Waals surface area contributed by atoms with Crippen LogP contribution < -0.4 is 16.4 Å². The Labute approximate surface area is 240 Å². The van der Waals surface area contributed by atoms with Crippen molar-refractivity contribution in [2.24, 2.45) is 5.73 Å². The van der Waals surface area contributed by atoms with Gasteiger partial charge in [-0.1, -0.05) is 69.2 Å². The third-order valence-electron chi connectivity index (χ3n) is 7.16. The molecular formula is C31H50N4O5. The maximum absolute atomic E-state index is 14.2. The van der Waals surface area contributed by atoms with Gasteiger partial charge in [0.25, 0.3) is 0 Å². The lowest BCUT2D eigenvalue weighted by Gasteiger charge is -2.36. The van der Waals surface area contributed by atoms with Crippen LogP contribution in [0.15, 0.2) is 18.2 Å². The van der Waals surface area contributed by atoms with Crippen molar-refractivity contribution in [3.63, 3.8) is 0 Å². The van der Waals surface area contributed by atoms with Gasteiger partial charge in [-0.25, -0.2) is 4.79 Å². The Bertz CT molecular complexity index is 1010. The molecule has 1 fully saturated rings. The second-order valence-corrected chi connectivity index (χ2v) is 12.1. The molecule has 9 nitrogen and oxygen atoms in total. The number of hydrogen-bond acceptors (Lipinski definition) is 5. The van der Waals surface area contributed by atoms with Gasteiger partial charge in [0.15, 0.2) is 0 Å². The van der Waals surface area contributed by atoms with Gasteiger partial charge in [0.1, 0.15) is 17.7 Å². The van der Waals surface area contributed by atoms with Crippen molar-refractivity contribution in [3.05, 3.63) is 34.9 Å². The molecule has 224 valence electrons. The SMILES string of the molecule is CCCCCCN(C(=O)C(CC(N)=O)NC(=O)OC(C)(C)C)C(C(=O)NC1CCCCC1)c1ccc(C)cc1C. The first-order chi connectivity index (χ1) is 18.8. The number of benzene rings is 1. The first kappa shape index (κ1) is 33.1. The lowest BCUT2D eigenvalue weighted by atomic mass is 9.93. The number of carbonyl (C=O) groups excluding carboxylic acids is 4. The quantitative estimate of drug-likeness (QED) is 0.294. The molecule has 2 atom stereocenters. The molecule has 0 heterocycles. The lowest BCUT2D eigenvalue weighted by molar-refractivity contribution is -0.143. The highest BCUT2D eigenvalue weighted by molar-refractivity contribution is 5.94. The standard InChI is InChI=1S/C31H50N4O5/c1-7-8-9-13-18-35(29(38)25(20-26(32)36)34-30(39)40-31(4,5)6)27(24-17-16-21(2)19-22(24)3)28(37)33-23-14-11-10-12-15-23/h16-17,19,23,25,27H,7-15,18,20H2,1-6H3,(H2,32,36)(H,33,37)(H,34,39). The molecule has 2 rings (SSSR count). The third-order valence-corrected chi connectivity index (χ3v) is 7.16. The molecular weight excluding hydrogens is 508 g/mol. The van der Waals surface area contributed by atoms with Crippen LogP contribution in [0.2, 0.25) is 0 Å². The van der Waals surface area contributed by atoms with Gasteiger partial charge in [-0.2, -0.15) is 0 Å². The van der Waals surface area contributed by atoms with Crippen LogP contribution in [0.5, 0.6) is 0 Å². The maximum atomic E-state index is 14.2. The van der Waals surface area contributed by atoms with Crippen LogP contribution in [-0.4, -0.2) is 52.9 Å². The van der Waals surface area contributed by atoms with Gasteiger partial charge in [0.2, 0.25) is 17.7 Å². The zero-order chi connectivity index (χ0) is 29.9. The van der Waals surface area contributed by atoms with E-state index in [1.165, 1.54) is 4.90 Å². The lowest BCUT2D eigenvalue weighted by Crippen LogP contribution is -2.55. The largest absolute Gasteiger partial charge is 0.444 e. The molecule has 9 heteroatoms. The number of alkyl carbamates (subject to hydrolysis) is 1. The molecule has 0 aliphatic heterocycles. The minimum atomic E-state index is -1.27. The molecule has 2 unspecified atom stereocenters. The number of nitrogens with one attached hydrogen (secondary N) is 2. The van der Waals surface area contributed by atoms with E-state index in [0.29, 0.717) is 13.0 Å². The molecule has 1 saturated carbocycles. The van der Waals surface area contributed by atoms with Crippen molar-refractivity contribution < 1.29 is 23.9 Å². The maximum Gasteiger partial charge on any atom is 0.408 e. The monoisotopic (exact) mass is 558 g/mol. The van der Waals surface area contributed by atoms with Gasteiger partial charge in [-0.3, -0.25) is 14.4 Å². The first-order valence-corrected chi connectivity index (χ1v) is 14.8. The van der Waals surface area contributed by atoms with Gasteiger partial charge in [0, 0.05) is 12.6 Å². The van der Waals surface area contributed by atoms with Crippen LogP contribution in [-0.2, 0) is 19.1 Å². The summed E-state index contributed by atoms with van der Waals surface area (Å²) in [5.74, 6) is -1.53. The Morgan fingerprint density at radius 2 is 1.73 bits per heavy atom. The second-order valence-electron chi connectivity index (χ2n) is 12.1. The van der Waals surface area contributed by atoms with E-state index < -0.39 is 42.0 Å². The van der Waals surface area contributed by atoms with E-state index >= 15 is 0 Å². The number of ether oxygens (including phenoxy) is 1. The summed E-state index contributed by atoms with van der Waals surface area (Å²) < 4.78 is 5.37. The molecule has 0 aromatic heterocycles. The van der Waals surface area contributed by atoms with E-state index in [0.717, 1.165) is 68.1 Å². The van der Waals surface area contributed by atoms with Gasteiger partial charge in [-0.15, -0.1) is 0 Å². The highest BCUT2D eigenvalue weighted by Gasteiger charge is 2.38. The molecule has 1 aliphatic carbocycles. The highest BCUT2D eigenvalue weighted by Crippen LogP contribution is 2.28. The Kier molecular flexibility index (Phi) is 12.9. The molecule has 1 aromatic rings.